The van der Waals surface area contributed by atoms with Crippen LogP contribution in [0.15, 0.2) is 48.0 Å². The van der Waals surface area contributed by atoms with E-state index in [1.165, 1.54) is 0 Å². The molecule has 20 heavy (non-hydrogen) atoms. The fourth-order valence-electron chi connectivity index (χ4n) is 2.28. The number of carboxylic acids is 1. The molecule has 2 aromatic carbocycles. The van der Waals surface area contributed by atoms with E-state index >= 15 is 0 Å². The molecule has 0 aliphatic heterocycles. The van der Waals surface area contributed by atoms with E-state index in [0.717, 1.165) is 26.9 Å². The number of thiazole rings is 1. The minimum Gasteiger partial charge on any atom is -0.481 e. The molecule has 0 radical (unpaired) electrons. The largest absolute Gasteiger partial charge is 0.481 e. The lowest BCUT2D eigenvalue weighted by molar-refractivity contribution is -0.138. The molecule has 0 spiro atoms. The van der Waals surface area contributed by atoms with Gasteiger partial charge in [0.15, 0.2) is 0 Å². The maximum Gasteiger partial charge on any atom is 0.310 e. The van der Waals surface area contributed by atoms with Gasteiger partial charge < -0.3 is 5.11 Å². The molecule has 1 unspecified atom stereocenters. The highest BCUT2D eigenvalue weighted by molar-refractivity contribution is 7.16. The van der Waals surface area contributed by atoms with Crippen molar-refractivity contribution in [1.29, 1.82) is 0 Å². The van der Waals surface area contributed by atoms with Gasteiger partial charge in [0, 0.05) is 0 Å². The van der Waals surface area contributed by atoms with Gasteiger partial charge in [0.2, 0.25) is 0 Å². The first-order valence-corrected chi connectivity index (χ1v) is 7.20. The molecule has 1 heterocycles. The van der Waals surface area contributed by atoms with Crippen LogP contribution in [-0.2, 0) is 4.79 Å². The van der Waals surface area contributed by atoms with Gasteiger partial charge in [0.05, 0.1) is 21.6 Å². The third kappa shape index (κ3) is 2.18. The number of nitrogens with zero attached hydrogens (tertiary/aromatic N) is 1. The van der Waals surface area contributed by atoms with Crippen LogP contribution in [0.5, 0.6) is 0 Å². The molecule has 3 rings (SSSR count). The van der Waals surface area contributed by atoms with Crippen molar-refractivity contribution in [3.63, 3.8) is 0 Å². The fourth-order valence-corrected chi connectivity index (χ4v) is 2.98. The molecule has 0 saturated heterocycles. The quantitative estimate of drug-likeness (QED) is 0.785. The van der Waals surface area contributed by atoms with E-state index in [-0.39, 0.29) is 0 Å². The zero-order valence-electron chi connectivity index (χ0n) is 10.9. The van der Waals surface area contributed by atoms with Gasteiger partial charge in [-0.3, -0.25) is 4.79 Å². The molecule has 1 aromatic heterocycles. The Kier molecular flexibility index (Phi) is 3.24. The number of aliphatic carboxylic acids is 1. The maximum atomic E-state index is 11.3. The summed E-state index contributed by atoms with van der Waals surface area (Å²) in [6.07, 6.45) is 0. The van der Waals surface area contributed by atoms with Crippen LogP contribution in [0, 0.1) is 0 Å². The summed E-state index contributed by atoms with van der Waals surface area (Å²) in [5.41, 5.74) is 5.46. The van der Waals surface area contributed by atoms with Crippen LogP contribution < -0.4 is 0 Å². The summed E-state index contributed by atoms with van der Waals surface area (Å²) in [6, 6.07) is 13.8. The number of hydrogen-bond donors (Lipinski definition) is 1. The first kappa shape index (κ1) is 12.8. The van der Waals surface area contributed by atoms with Gasteiger partial charge in [-0.05, 0) is 35.7 Å². The van der Waals surface area contributed by atoms with Crippen molar-refractivity contribution < 1.29 is 9.90 Å². The Labute approximate surface area is 120 Å². The minimum absolute atomic E-state index is 0.559. The van der Waals surface area contributed by atoms with Crippen molar-refractivity contribution in [3.8, 4) is 11.1 Å². The van der Waals surface area contributed by atoms with Crippen LogP contribution in [0.3, 0.4) is 0 Å². The van der Waals surface area contributed by atoms with Gasteiger partial charge in [0.25, 0.3) is 0 Å². The van der Waals surface area contributed by atoms with E-state index in [1.807, 2.05) is 42.5 Å². The van der Waals surface area contributed by atoms with E-state index < -0.39 is 11.9 Å². The predicted molar refractivity (Wildman–Crippen MR) is 81.1 cm³/mol. The van der Waals surface area contributed by atoms with E-state index in [9.17, 15) is 9.90 Å². The van der Waals surface area contributed by atoms with Crippen molar-refractivity contribution in [2.75, 3.05) is 0 Å². The number of benzene rings is 2. The minimum atomic E-state index is -0.822. The van der Waals surface area contributed by atoms with Gasteiger partial charge in [0.1, 0.15) is 0 Å². The standard InChI is InChI=1S/C16H13NO2S/c1-10(16(18)19)12-7-14-15(20-9-17-14)8-13(12)11-5-3-2-4-6-11/h2-10H,1H3,(H,18,19). The Morgan fingerprint density at radius 1 is 1.25 bits per heavy atom. The fraction of sp³-hybridized carbons (Fsp3) is 0.125. The second kappa shape index (κ2) is 5.06. The number of carbonyl (C=O) groups is 1. The van der Waals surface area contributed by atoms with Crippen molar-refractivity contribution in [3.05, 3.63) is 53.5 Å². The van der Waals surface area contributed by atoms with E-state index in [2.05, 4.69) is 4.98 Å². The molecule has 0 aliphatic carbocycles. The van der Waals surface area contributed by atoms with E-state index in [0.29, 0.717) is 0 Å². The van der Waals surface area contributed by atoms with E-state index in [1.54, 1.807) is 23.8 Å². The molecule has 1 N–H and O–H groups in total. The highest BCUT2D eigenvalue weighted by atomic mass is 32.1. The van der Waals surface area contributed by atoms with Crippen LogP contribution in [-0.4, -0.2) is 16.1 Å². The lowest BCUT2D eigenvalue weighted by Crippen LogP contribution is -2.08. The second-order valence-corrected chi connectivity index (χ2v) is 5.57. The summed E-state index contributed by atoms with van der Waals surface area (Å²) < 4.78 is 1.07. The summed E-state index contributed by atoms with van der Waals surface area (Å²) in [5.74, 6) is -1.38. The van der Waals surface area contributed by atoms with Gasteiger partial charge in [-0.15, -0.1) is 11.3 Å². The highest BCUT2D eigenvalue weighted by Crippen LogP contribution is 2.34. The second-order valence-electron chi connectivity index (χ2n) is 4.69. The topological polar surface area (TPSA) is 50.2 Å². The van der Waals surface area contributed by atoms with Crippen molar-refractivity contribution in [2.45, 2.75) is 12.8 Å². The van der Waals surface area contributed by atoms with Crippen LogP contribution in [0.2, 0.25) is 0 Å². The molecular formula is C16H13NO2S. The number of rotatable bonds is 3. The average Bonchev–Trinajstić information content (AvgIpc) is 2.93. The molecule has 0 amide bonds. The molecular weight excluding hydrogens is 270 g/mol. The van der Waals surface area contributed by atoms with Crippen LogP contribution in [0.25, 0.3) is 21.3 Å². The van der Waals surface area contributed by atoms with Gasteiger partial charge in [-0.2, -0.15) is 0 Å². The number of aromatic nitrogens is 1. The molecule has 1 atom stereocenters. The van der Waals surface area contributed by atoms with Gasteiger partial charge in [-0.25, -0.2) is 4.98 Å². The lowest BCUT2D eigenvalue weighted by atomic mass is 9.91. The molecule has 0 saturated carbocycles. The van der Waals surface area contributed by atoms with Crippen LogP contribution in [0.4, 0.5) is 0 Å². The van der Waals surface area contributed by atoms with Crippen molar-refractivity contribution in [1.82, 2.24) is 4.98 Å². The Morgan fingerprint density at radius 2 is 2.00 bits per heavy atom. The zero-order valence-corrected chi connectivity index (χ0v) is 11.7. The Hall–Kier alpha value is -2.20. The first-order valence-electron chi connectivity index (χ1n) is 6.32. The number of fused-ring (bicyclic) bond motifs is 1. The molecule has 0 fully saturated rings. The Morgan fingerprint density at radius 3 is 2.70 bits per heavy atom. The van der Waals surface area contributed by atoms with Crippen LogP contribution >= 0.6 is 11.3 Å². The van der Waals surface area contributed by atoms with E-state index in [4.69, 9.17) is 0 Å². The highest BCUT2D eigenvalue weighted by Gasteiger charge is 2.19. The third-order valence-corrected chi connectivity index (χ3v) is 4.22. The van der Waals surface area contributed by atoms with Crippen molar-refractivity contribution in [2.24, 2.45) is 0 Å². The summed E-state index contributed by atoms with van der Waals surface area (Å²) in [4.78, 5) is 15.6. The van der Waals surface area contributed by atoms with Gasteiger partial charge >= 0.3 is 5.97 Å². The summed E-state index contributed by atoms with van der Waals surface area (Å²) in [7, 11) is 0. The van der Waals surface area contributed by atoms with Crippen molar-refractivity contribution >= 4 is 27.5 Å². The molecule has 0 aliphatic rings. The molecule has 4 heteroatoms. The molecule has 100 valence electrons. The molecule has 0 bridgehead atoms. The third-order valence-electron chi connectivity index (χ3n) is 3.42. The number of hydrogen-bond acceptors (Lipinski definition) is 3. The number of carboxylic acid groups (broad SMARTS) is 1. The monoisotopic (exact) mass is 283 g/mol. The smallest absolute Gasteiger partial charge is 0.310 e. The maximum absolute atomic E-state index is 11.3. The predicted octanol–water partition coefficient (Wildman–Crippen LogP) is 4.15. The van der Waals surface area contributed by atoms with Crippen LogP contribution in [0.1, 0.15) is 18.4 Å². The lowest BCUT2D eigenvalue weighted by Gasteiger charge is -2.13. The summed E-state index contributed by atoms with van der Waals surface area (Å²) >= 11 is 1.57. The summed E-state index contributed by atoms with van der Waals surface area (Å²) in [5, 5.41) is 9.31. The van der Waals surface area contributed by atoms with Gasteiger partial charge in [-0.1, -0.05) is 30.3 Å². The Bertz CT molecular complexity index is 765. The molecule has 3 aromatic rings. The summed E-state index contributed by atoms with van der Waals surface area (Å²) in [6.45, 7) is 1.71. The zero-order chi connectivity index (χ0) is 14.1. The molecule has 3 nitrogen and oxygen atoms in total. The SMILES string of the molecule is CC(C(=O)O)c1cc2ncsc2cc1-c1ccccc1. The normalized spacial score (nSPS) is 12.4. The average molecular weight is 283 g/mol. The first-order chi connectivity index (χ1) is 9.66. The Balaban J connectivity index is 2.27.